The summed E-state index contributed by atoms with van der Waals surface area (Å²) >= 11 is 0. The summed E-state index contributed by atoms with van der Waals surface area (Å²) < 4.78 is 16.9. The van der Waals surface area contributed by atoms with Crippen LogP contribution in [0.1, 0.15) is 23.0 Å². The van der Waals surface area contributed by atoms with Crippen molar-refractivity contribution in [3.8, 4) is 22.6 Å². The molecule has 0 spiro atoms. The first-order chi connectivity index (χ1) is 13.0. The van der Waals surface area contributed by atoms with E-state index in [9.17, 15) is 10.1 Å². The van der Waals surface area contributed by atoms with Crippen molar-refractivity contribution in [3.63, 3.8) is 0 Å². The van der Waals surface area contributed by atoms with Crippen LogP contribution in [0.5, 0.6) is 11.5 Å². The molecule has 8 heteroatoms. The van der Waals surface area contributed by atoms with Gasteiger partial charge in [-0.25, -0.2) is 0 Å². The Labute approximate surface area is 155 Å². The van der Waals surface area contributed by atoms with E-state index in [0.29, 0.717) is 11.5 Å². The van der Waals surface area contributed by atoms with Gasteiger partial charge in [0.05, 0.1) is 14.2 Å². The van der Waals surface area contributed by atoms with E-state index in [1.54, 1.807) is 14.2 Å². The van der Waals surface area contributed by atoms with Crippen molar-refractivity contribution >= 4 is 5.84 Å². The zero-order valence-electron chi connectivity index (χ0n) is 15.1. The zero-order chi connectivity index (χ0) is 19.1. The van der Waals surface area contributed by atoms with Crippen LogP contribution < -0.4 is 9.47 Å². The molecule has 140 valence electrons. The number of ether oxygens (including phenoxy) is 3. The fourth-order valence-corrected chi connectivity index (χ4v) is 3.65. The number of methoxy groups -OCH3 is 2. The second kappa shape index (κ2) is 6.55. The number of benzene rings is 2. The van der Waals surface area contributed by atoms with Gasteiger partial charge in [-0.05, 0) is 34.6 Å². The molecule has 2 bridgehead atoms. The highest BCUT2D eigenvalue weighted by Crippen LogP contribution is 2.48. The lowest BCUT2D eigenvalue weighted by atomic mass is 9.87. The Bertz CT molecular complexity index is 955. The lowest BCUT2D eigenvalue weighted by Crippen LogP contribution is -2.41. The molecule has 2 aliphatic rings. The zero-order valence-corrected chi connectivity index (χ0v) is 15.1. The molecule has 27 heavy (non-hydrogen) atoms. The van der Waals surface area contributed by atoms with Gasteiger partial charge in [-0.15, -0.1) is 0 Å². The van der Waals surface area contributed by atoms with Crippen molar-refractivity contribution < 1.29 is 24.0 Å². The quantitative estimate of drug-likeness (QED) is 0.608. The Hall–Kier alpha value is -3.13. The number of hydrogen-bond acceptors (Lipinski definition) is 7. The lowest BCUT2D eigenvalue weighted by Gasteiger charge is -2.33. The maximum absolute atomic E-state index is 11.2. The first-order valence-corrected chi connectivity index (χ1v) is 8.42. The number of amidine groups is 1. The predicted molar refractivity (Wildman–Crippen MR) is 96.6 cm³/mol. The van der Waals surface area contributed by atoms with E-state index in [1.807, 2.05) is 37.3 Å². The van der Waals surface area contributed by atoms with Crippen molar-refractivity contribution in [1.29, 1.82) is 0 Å². The van der Waals surface area contributed by atoms with E-state index in [-0.39, 0.29) is 12.3 Å². The van der Waals surface area contributed by atoms with E-state index in [0.717, 1.165) is 27.8 Å². The minimum Gasteiger partial charge on any atom is -0.493 e. The van der Waals surface area contributed by atoms with Gasteiger partial charge in [0.25, 0.3) is 6.29 Å². The second-order valence-corrected chi connectivity index (χ2v) is 6.34. The van der Waals surface area contributed by atoms with Crippen molar-refractivity contribution in [1.82, 2.24) is 0 Å². The average molecular weight is 370 g/mol. The van der Waals surface area contributed by atoms with Gasteiger partial charge in [-0.1, -0.05) is 24.3 Å². The van der Waals surface area contributed by atoms with Gasteiger partial charge in [-0.2, -0.15) is 0 Å². The summed E-state index contributed by atoms with van der Waals surface area (Å²) in [6.07, 6.45) is -1.41. The molecule has 0 N–H and O–H groups in total. The molecule has 8 nitrogen and oxygen atoms in total. The Kier molecular flexibility index (Phi) is 4.19. The van der Waals surface area contributed by atoms with E-state index >= 15 is 0 Å². The highest BCUT2D eigenvalue weighted by molar-refractivity contribution is 5.82. The SMILES string of the molecule is COc1cc(-c2ccccc2C)c2c(c1OC)C[C@H]1O[C@@H]2ON=C1[N+](=O)[O-]. The molecule has 2 aromatic carbocycles. The number of hydrogen-bond donors (Lipinski definition) is 0. The third-order valence-electron chi connectivity index (χ3n) is 4.88. The summed E-state index contributed by atoms with van der Waals surface area (Å²) in [5, 5.41) is 14.9. The van der Waals surface area contributed by atoms with Gasteiger partial charge in [0, 0.05) is 17.5 Å². The van der Waals surface area contributed by atoms with E-state index in [4.69, 9.17) is 19.0 Å². The van der Waals surface area contributed by atoms with E-state index in [1.165, 1.54) is 0 Å². The van der Waals surface area contributed by atoms with Gasteiger partial charge in [0.1, 0.15) is 0 Å². The number of rotatable bonds is 3. The second-order valence-electron chi connectivity index (χ2n) is 6.34. The summed E-state index contributed by atoms with van der Waals surface area (Å²) in [4.78, 5) is 16.0. The molecule has 0 fully saturated rings. The number of nitrogens with zero attached hydrogens (tertiary/aromatic N) is 2. The maximum Gasteiger partial charge on any atom is 0.414 e. The third kappa shape index (κ3) is 2.69. The van der Waals surface area contributed by atoms with Gasteiger partial charge >= 0.3 is 5.84 Å². The third-order valence-corrected chi connectivity index (χ3v) is 4.88. The van der Waals surface area contributed by atoms with Crippen LogP contribution in [-0.2, 0) is 16.0 Å². The van der Waals surface area contributed by atoms with Crippen LogP contribution in [0.15, 0.2) is 35.5 Å². The van der Waals surface area contributed by atoms with Crippen LogP contribution in [0.4, 0.5) is 0 Å². The van der Waals surface area contributed by atoms with Crippen LogP contribution in [0.25, 0.3) is 11.1 Å². The summed E-state index contributed by atoms with van der Waals surface area (Å²) in [6.45, 7) is 2.01. The molecule has 0 radical (unpaired) electrons. The normalized spacial score (nSPS) is 20.2. The fourth-order valence-electron chi connectivity index (χ4n) is 3.65. The van der Waals surface area contributed by atoms with Crippen LogP contribution in [0.2, 0.25) is 0 Å². The fraction of sp³-hybridized carbons (Fsp3) is 0.316. The Balaban J connectivity index is 1.97. The Morgan fingerprint density at radius 2 is 2.00 bits per heavy atom. The Morgan fingerprint density at radius 1 is 1.22 bits per heavy atom. The minimum absolute atomic E-state index is 0.244. The summed E-state index contributed by atoms with van der Waals surface area (Å²) in [6, 6.07) is 9.79. The predicted octanol–water partition coefficient (Wildman–Crippen LogP) is 3.24. The smallest absolute Gasteiger partial charge is 0.414 e. The largest absolute Gasteiger partial charge is 0.493 e. The maximum atomic E-state index is 11.2. The standard InChI is InChI=1S/C19H18N2O6/c1-10-6-4-5-7-11(10)12-8-14(24-2)17(25-3)13-9-15-18(21(22)23)20-27-19(26-15)16(12)13/h4-8,15,19H,9H2,1-3H3/t15-,19-/m1/s1. The monoisotopic (exact) mass is 370 g/mol. The average Bonchev–Trinajstić information content (AvgIpc) is 2.67. The molecule has 2 aliphatic heterocycles. The number of oxime groups is 1. The molecular formula is C19H18N2O6. The molecule has 4 rings (SSSR count). The van der Waals surface area contributed by atoms with Gasteiger partial charge < -0.3 is 24.3 Å². The number of fused-ring (bicyclic) bond motifs is 4. The molecule has 0 aliphatic carbocycles. The molecular weight excluding hydrogens is 352 g/mol. The molecule has 0 saturated carbocycles. The summed E-state index contributed by atoms with van der Waals surface area (Å²) in [7, 11) is 3.10. The van der Waals surface area contributed by atoms with E-state index < -0.39 is 17.3 Å². The highest BCUT2D eigenvalue weighted by Gasteiger charge is 2.46. The number of nitro groups is 1. The van der Waals surface area contributed by atoms with E-state index in [2.05, 4.69) is 5.16 Å². The van der Waals surface area contributed by atoms with Crippen LogP contribution >= 0.6 is 0 Å². The Morgan fingerprint density at radius 3 is 2.67 bits per heavy atom. The van der Waals surface area contributed by atoms with Crippen LogP contribution in [-0.4, -0.2) is 31.1 Å². The molecule has 0 saturated heterocycles. The highest BCUT2D eigenvalue weighted by atomic mass is 16.8. The van der Waals surface area contributed by atoms with Crippen molar-refractivity contribution in [2.75, 3.05) is 14.2 Å². The number of aryl methyl sites for hydroxylation is 1. The topological polar surface area (TPSA) is 92.4 Å². The molecule has 0 amide bonds. The van der Waals surface area contributed by atoms with Crippen molar-refractivity contribution in [2.24, 2.45) is 5.16 Å². The molecule has 0 aromatic heterocycles. The van der Waals surface area contributed by atoms with Gasteiger partial charge in [0.2, 0.25) is 0 Å². The first-order valence-electron chi connectivity index (χ1n) is 8.42. The molecule has 0 unspecified atom stereocenters. The van der Waals surface area contributed by atoms with Crippen LogP contribution in [0.3, 0.4) is 0 Å². The van der Waals surface area contributed by atoms with Crippen LogP contribution in [0, 0.1) is 17.0 Å². The van der Waals surface area contributed by atoms with Gasteiger partial charge in [-0.3, -0.25) is 4.84 Å². The molecule has 2 heterocycles. The van der Waals surface area contributed by atoms with Crippen molar-refractivity contribution in [2.45, 2.75) is 25.7 Å². The molecule has 2 aromatic rings. The summed E-state index contributed by atoms with van der Waals surface area (Å²) in [5.74, 6) is 0.726. The minimum atomic E-state index is -0.850. The van der Waals surface area contributed by atoms with Crippen molar-refractivity contribution in [3.05, 3.63) is 57.1 Å². The molecule has 2 atom stereocenters. The van der Waals surface area contributed by atoms with Gasteiger partial charge in [0.15, 0.2) is 22.8 Å². The lowest BCUT2D eigenvalue weighted by molar-refractivity contribution is -0.375. The first kappa shape index (κ1) is 17.3. The summed E-state index contributed by atoms with van der Waals surface area (Å²) in [5.41, 5.74) is 4.45.